The Labute approximate surface area is 176 Å². The highest BCUT2D eigenvalue weighted by Crippen LogP contribution is 2.24. The lowest BCUT2D eigenvalue weighted by Crippen LogP contribution is -2.30. The van der Waals surface area contributed by atoms with Crippen LogP contribution in [-0.2, 0) is 11.3 Å². The minimum Gasteiger partial charge on any atom is -0.444 e. The molecule has 0 aliphatic rings. The average molecular weight is 417 g/mol. The summed E-state index contributed by atoms with van der Waals surface area (Å²) in [6, 6.07) is 21.4. The van der Waals surface area contributed by atoms with Crippen molar-refractivity contribution in [3.63, 3.8) is 0 Å². The van der Waals surface area contributed by atoms with E-state index in [9.17, 15) is 14.0 Å². The first kappa shape index (κ1) is 20.0. The summed E-state index contributed by atoms with van der Waals surface area (Å²) in [5.41, 5.74) is 1.65. The molecule has 31 heavy (non-hydrogen) atoms. The number of aromatic nitrogens is 2. The molecule has 0 atom stereocenters. The van der Waals surface area contributed by atoms with Crippen molar-refractivity contribution in [3.8, 4) is 22.8 Å². The maximum Gasteiger partial charge on any atom is 0.414 e. The van der Waals surface area contributed by atoms with Crippen molar-refractivity contribution >= 4 is 12.0 Å². The number of alkyl carbamates (subject to hydrolysis) is 1. The monoisotopic (exact) mass is 417 g/mol. The molecule has 154 valence electrons. The van der Waals surface area contributed by atoms with Gasteiger partial charge in [0.05, 0.1) is 5.56 Å². The molecule has 4 rings (SSSR count). The molecule has 2 amide bonds. The molecular formula is C23H16FN3O4. The molecule has 1 heterocycles. The van der Waals surface area contributed by atoms with Crippen molar-refractivity contribution in [2.75, 3.05) is 0 Å². The predicted molar refractivity (Wildman–Crippen MR) is 109 cm³/mol. The third-order valence-corrected chi connectivity index (χ3v) is 4.34. The third-order valence-electron chi connectivity index (χ3n) is 4.34. The first-order valence-corrected chi connectivity index (χ1v) is 9.31. The van der Waals surface area contributed by atoms with Crippen LogP contribution in [0.25, 0.3) is 22.8 Å². The topological polar surface area (TPSA) is 94.3 Å². The summed E-state index contributed by atoms with van der Waals surface area (Å²) in [5.74, 6) is -0.926. The second kappa shape index (κ2) is 9.00. The Morgan fingerprint density at radius 2 is 1.74 bits per heavy atom. The summed E-state index contributed by atoms with van der Waals surface area (Å²) in [6.07, 6.45) is -0.861. The van der Waals surface area contributed by atoms with Gasteiger partial charge in [-0.25, -0.2) is 9.18 Å². The highest BCUT2D eigenvalue weighted by atomic mass is 19.1. The third kappa shape index (κ3) is 4.81. The van der Waals surface area contributed by atoms with Crippen LogP contribution in [-0.4, -0.2) is 22.1 Å². The summed E-state index contributed by atoms with van der Waals surface area (Å²) in [5, 5.41) is 6.02. The van der Waals surface area contributed by atoms with E-state index < -0.39 is 17.8 Å². The summed E-state index contributed by atoms with van der Waals surface area (Å²) in [7, 11) is 0. The van der Waals surface area contributed by atoms with Crippen LogP contribution >= 0.6 is 0 Å². The quantitative estimate of drug-likeness (QED) is 0.510. The molecule has 0 spiro atoms. The Morgan fingerprint density at radius 3 is 2.55 bits per heavy atom. The van der Waals surface area contributed by atoms with Gasteiger partial charge in [0.15, 0.2) is 0 Å². The fraction of sp³-hybridized carbons (Fsp3) is 0.0435. The molecule has 8 heteroatoms. The van der Waals surface area contributed by atoms with Gasteiger partial charge in [-0.15, -0.1) is 0 Å². The minimum atomic E-state index is -0.861. The van der Waals surface area contributed by atoms with Crippen LogP contribution in [0.5, 0.6) is 0 Å². The molecule has 1 aromatic heterocycles. The van der Waals surface area contributed by atoms with E-state index in [0.717, 1.165) is 5.56 Å². The number of benzene rings is 3. The van der Waals surface area contributed by atoms with E-state index in [1.165, 1.54) is 24.3 Å². The Bertz CT molecular complexity index is 1220. The minimum absolute atomic E-state index is 0.0208. The number of halogens is 1. The fourth-order valence-corrected chi connectivity index (χ4v) is 2.81. The second-order valence-corrected chi connectivity index (χ2v) is 6.50. The van der Waals surface area contributed by atoms with Crippen molar-refractivity contribution in [2.24, 2.45) is 0 Å². The van der Waals surface area contributed by atoms with Gasteiger partial charge in [0.25, 0.3) is 11.8 Å². The first-order chi connectivity index (χ1) is 15.1. The van der Waals surface area contributed by atoms with Crippen LogP contribution in [0.2, 0.25) is 0 Å². The smallest absolute Gasteiger partial charge is 0.414 e. The van der Waals surface area contributed by atoms with Crippen LogP contribution in [0.15, 0.2) is 83.4 Å². The van der Waals surface area contributed by atoms with Gasteiger partial charge in [0.1, 0.15) is 12.4 Å². The standard InChI is InChI=1S/C23H16FN3O4/c24-19-12-5-4-11-18(19)22-25-20(27-31-22)16-9-6-10-17(13-16)21(28)26-23(29)30-14-15-7-2-1-3-8-15/h1-13H,14H2,(H,26,28,29). The zero-order chi connectivity index (χ0) is 21.6. The number of rotatable bonds is 5. The van der Waals surface area contributed by atoms with Crippen LogP contribution in [0.4, 0.5) is 9.18 Å². The van der Waals surface area contributed by atoms with Gasteiger partial charge in [0, 0.05) is 11.1 Å². The number of nitrogens with one attached hydrogen (secondary N) is 1. The number of hydrogen-bond donors (Lipinski definition) is 1. The van der Waals surface area contributed by atoms with E-state index in [1.807, 2.05) is 18.2 Å². The van der Waals surface area contributed by atoms with Crippen LogP contribution in [0, 0.1) is 5.82 Å². The number of imide groups is 1. The van der Waals surface area contributed by atoms with Crippen molar-refractivity contribution in [1.29, 1.82) is 0 Å². The molecule has 1 N–H and O–H groups in total. The first-order valence-electron chi connectivity index (χ1n) is 9.31. The van der Waals surface area contributed by atoms with Gasteiger partial charge in [0.2, 0.25) is 5.82 Å². The number of ether oxygens (including phenoxy) is 1. The highest BCUT2D eigenvalue weighted by Gasteiger charge is 2.16. The van der Waals surface area contributed by atoms with Crippen molar-refractivity contribution < 1.29 is 23.2 Å². The van der Waals surface area contributed by atoms with Crippen molar-refractivity contribution in [1.82, 2.24) is 15.5 Å². The number of amides is 2. The van der Waals surface area contributed by atoms with E-state index in [-0.39, 0.29) is 29.4 Å². The fourth-order valence-electron chi connectivity index (χ4n) is 2.81. The second-order valence-electron chi connectivity index (χ2n) is 6.50. The molecule has 4 aromatic rings. The van der Waals surface area contributed by atoms with Gasteiger partial charge in [-0.05, 0) is 29.8 Å². The van der Waals surface area contributed by atoms with Crippen LogP contribution < -0.4 is 5.32 Å². The lowest BCUT2D eigenvalue weighted by atomic mass is 10.1. The molecule has 0 saturated heterocycles. The molecule has 0 fully saturated rings. The largest absolute Gasteiger partial charge is 0.444 e. The molecule has 7 nitrogen and oxygen atoms in total. The Morgan fingerprint density at radius 1 is 0.968 bits per heavy atom. The van der Waals surface area contributed by atoms with Gasteiger partial charge in [-0.3, -0.25) is 10.1 Å². The molecule has 0 unspecified atom stereocenters. The maximum atomic E-state index is 13.9. The molecule has 0 saturated carbocycles. The summed E-state index contributed by atoms with van der Waals surface area (Å²) >= 11 is 0. The summed E-state index contributed by atoms with van der Waals surface area (Å²) in [6.45, 7) is 0.0433. The number of hydrogen-bond acceptors (Lipinski definition) is 6. The zero-order valence-electron chi connectivity index (χ0n) is 16.1. The van der Waals surface area contributed by atoms with Gasteiger partial charge >= 0.3 is 6.09 Å². The van der Waals surface area contributed by atoms with Gasteiger partial charge < -0.3 is 9.26 Å². The lowest BCUT2D eigenvalue weighted by Gasteiger charge is -2.07. The van der Waals surface area contributed by atoms with Gasteiger partial charge in [-0.1, -0.05) is 59.8 Å². The highest BCUT2D eigenvalue weighted by molar-refractivity contribution is 6.03. The molecule has 0 bridgehead atoms. The SMILES string of the molecule is O=C(NC(=O)c1cccc(-c2noc(-c3ccccc3F)n2)c1)OCc1ccccc1. The Balaban J connectivity index is 1.44. The van der Waals surface area contributed by atoms with E-state index in [4.69, 9.17) is 9.26 Å². The summed E-state index contributed by atoms with van der Waals surface area (Å²) in [4.78, 5) is 28.5. The van der Waals surface area contributed by atoms with E-state index in [0.29, 0.717) is 5.56 Å². The van der Waals surface area contributed by atoms with Crippen molar-refractivity contribution in [2.45, 2.75) is 6.61 Å². The lowest BCUT2D eigenvalue weighted by molar-refractivity contribution is 0.0912. The zero-order valence-corrected chi connectivity index (χ0v) is 16.1. The number of carbonyl (C=O) groups is 2. The molecule has 0 aliphatic carbocycles. The predicted octanol–water partition coefficient (Wildman–Crippen LogP) is 4.61. The van der Waals surface area contributed by atoms with Crippen molar-refractivity contribution in [3.05, 3.63) is 95.8 Å². The molecular weight excluding hydrogens is 401 g/mol. The van der Waals surface area contributed by atoms with E-state index >= 15 is 0 Å². The van der Waals surface area contributed by atoms with Gasteiger partial charge in [-0.2, -0.15) is 4.98 Å². The number of nitrogens with zero attached hydrogens (tertiary/aromatic N) is 2. The van der Waals surface area contributed by atoms with Crippen LogP contribution in [0.3, 0.4) is 0 Å². The summed E-state index contributed by atoms with van der Waals surface area (Å²) < 4.78 is 24.1. The molecule has 0 radical (unpaired) electrons. The Hall–Kier alpha value is -4.33. The molecule has 3 aromatic carbocycles. The normalized spacial score (nSPS) is 10.5. The molecule has 0 aliphatic heterocycles. The number of carbonyl (C=O) groups excluding carboxylic acids is 2. The van der Waals surface area contributed by atoms with Crippen LogP contribution in [0.1, 0.15) is 15.9 Å². The Kier molecular flexibility index (Phi) is 5.79. The van der Waals surface area contributed by atoms with E-state index in [2.05, 4.69) is 15.5 Å². The maximum absolute atomic E-state index is 13.9. The van der Waals surface area contributed by atoms with E-state index in [1.54, 1.807) is 36.4 Å². The average Bonchev–Trinajstić information content (AvgIpc) is 3.29.